The van der Waals surface area contributed by atoms with Gasteiger partial charge in [-0.1, -0.05) is 38.1 Å². The highest BCUT2D eigenvalue weighted by atomic mass is 14.9. The van der Waals surface area contributed by atoms with E-state index in [-0.39, 0.29) is 0 Å². The van der Waals surface area contributed by atoms with Crippen LogP contribution in [0.5, 0.6) is 0 Å². The molecule has 21 heavy (non-hydrogen) atoms. The highest BCUT2D eigenvalue weighted by Crippen LogP contribution is 2.40. The standard InChI is InChI=1S/C19H26N2/c1-13-10-14(2)12-16(11-13)18(20-3)19-17-7-5-4-6-15(17)8-9-21-19/h4-9,13-14,16,18,20H,10-12H2,1-3H3. The van der Waals surface area contributed by atoms with Crippen LogP contribution in [0.1, 0.15) is 44.8 Å². The van der Waals surface area contributed by atoms with Gasteiger partial charge in [-0.15, -0.1) is 0 Å². The van der Waals surface area contributed by atoms with Crippen molar-refractivity contribution in [3.63, 3.8) is 0 Å². The van der Waals surface area contributed by atoms with Crippen molar-refractivity contribution in [3.8, 4) is 0 Å². The molecule has 1 aliphatic carbocycles. The van der Waals surface area contributed by atoms with E-state index in [2.05, 4.69) is 56.5 Å². The van der Waals surface area contributed by atoms with Crippen molar-refractivity contribution in [2.24, 2.45) is 17.8 Å². The van der Waals surface area contributed by atoms with Crippen LogP contribution in [0.2, 0.25) is 0 Å². The van der Waals surface area contributed by atoms with Crippen LogP contribution in [0.3, 0.4) is 0 Å². The van der Waals surface area contributed by atoms with E-state index in [1.54, 1.807) is 0 Å². The second kappa shape index (κ2) is 6.15. The quantitative estimate of drug-likeness (QED) is 0.892. The molecule has 1 saturated carbocycles. The summed E-state index contributed by atoms with van der Waals surface area (Å²) in [5.41, 5.74) is 1.22. The van der Waals surface area contributed by atoms with E-state index >= 15 is 0 Å². The van der Waals surface area contributed by atoms with Crippen molar-refractivity contribution < 1.29 is 0 Å². The summed E-state index contributed by atoms with van der Waals surface area (Å²) in [7, 11) is 2.08. The fraction of sp³-hybridized carbons (Fsp3) is 0.526. The van der Waals surface area contributed by atoms with Gasteiger partial charge in [0.2, 0.25) is 0 Å². The average Bonchev–Trinajstić information content (AvgIpc) is 2.47. The van der Waals surface area contributed by atoms with Gasteiger partial charge in [0.25, 0.3) is 0 Å². The molecule has 0 aliphatic heterocycles. The van der Waals surface area contributed by atoms with Crippen LogP contribution in [-0.4, -0.2) is 12.0 Å². The lowest BCUT2D eigenvalue weighted by Crippen LogP contribution is -2.32. The molecular weight excluding hydrogens is 256 g/mol. The van der Waals surface area contributed by atoms with Crippen LogP contribution < -0.4 is 5.32 Å². The van der Waals surface area contributed by atoms with Crippen LogP contribution in [0.25, 0.3) is 10.8 Å². The second-order valence-corrected chi connectivity index (χ2v) is 6.86. The number of fused-ring (bicyclic) bond motifs is 1. The molecule has 1 N–H and O–H groups in total. The molecule has 1 aromatic heterocycles. The number of aromatic nitrogens is 1. The fourth-order valence-corrected chi connectivity index (χ4v) is 4.27. The summed E-state index contributed by atoms with van der Waals surface area (Å²) in [6.07, 6.45) is 5.94. The maximum absolute atomic E-state index is 4.74. The van der Waals surface area contributed by atoms with Crippen LogP contribution in [-0.2, 0) is 0 Å². The monoisotopic (exact) mass is 282 g/mol. The first kappa shape index (κ1) is 14.5. The molecule has 0 saturated heterocycles. The van der Waals surface area contributed by atoms with E-state index in [1.165, 1.54) is 35.7 Å². The maximum Gasteiger partial charge on any atom is 0.0654 e. The minimum Gasteiger partial charge on any atom is -0.311 e. The van der Waals surface area contributed by atoms with Crippen LogP contribution in [0.4, 0.5) is 0 Å². The lowest BCUT2D eigenvalue weighted by molar-refractivity contribution is 0.179. The third-order valence-electron chi connectivity index (χ3n) is 5.00. The zero-order valence-corrected chi connectivity index (χ0v) is 13.3. The summed E-state index contributed by atoms with van der Waals surface area (Å²) in [6, 6.07) is 11.1. The van der Waals surface area contributed by atoms with Gasteiger partial charge in [-0.25, -0.2) is 0 Å². The summed E-state index contributed by atoms with van der Waals surface area (Å²) in [6.45, 7) is 4.79. The van der Waals surface area contributed by atoms with Crippen molar-refractivity contribution >= 4 is 10.8 Å². The predicted octanol–water partition coefficient (Wildman–Crippen LogP) is 4.57. The molecule has 1 aliphatic rings. The summed E-state index contributed by atoms with van der Waals surface area (Å²) < 4.78 is 0. The van der Waals surface area contributed by atoms with E-state index in [9.17, 15) is 0 Å². The Morgan fingerprint density at radius 1 is 1.05 bits per heavy atom. The lowest BCUT2D eigenvalue weighted by Gasteiger charge is -2.36. The van der Waals surface area contributed by atoms with Crippen molar-refractivity contribution in [1.29, 1.82) is 0 Å². The second-order valence-electron chi connectivity index (χ2n) is 6.86. The first-order chi connectivity index (χ1) is 10.2. The van der Waals surface area contributed by atoms with Crippen molar-refractivity contribution in [3.05, 3.63) is 42.2 Å². The van der Waals surface area contributed by atoms with Gasteiger partial charge < -0.3 is 5.32 Å². The number of benzene rings is 1. The Labute approximate surface area is 128 Å². The first-order valence-corrected chi connectivity index (χ1v) is 8.20. The summed E-state index contributed by atoms with van der Waals surface area (Å²) in [4.78, 5) is 4.74. The zero-order chi connectivity index (χ0) is 14.8. The Bertz CT molecular complexity index is 592. The Morgan fingerprint density at radius 2 is 1.76 bits per heavy atom. The van der Waals surface area contributed by atoms with Crippen LogP contribution in [0.15, 0.2) is 36.5 Å². The number of rotatable bonds is 3. The minimum absolute atomic E-state index is 0.362. The van der Waals surface area contributed by atoms with Gasteiger partial charge in [0.05, 0.1) is 11.7 Å². The molecule has 2 nitrogen and oxygen atoms in total. The highest BCUT2D eigenvalue weighted by molar-refractivity contribution is 5.84. The van der Waals surface area contributed by atoms with Gasteiger partial charge in [0.1, 0.15) is 0 Å². The lowest BCUT2D eigenvalue weighted by atomic mass is 9.73. The van der Waals surface area contributed by atoms with Crippen molar-refractivity contribution in [1.82, 2.24) is 10.3 Å². The van der Waals surface area contributed by atoms with Gasteiger partial charge >= 0.3 is 0 Å². The minimum atomic E-state index is 0.362. The number of hydrogen-bond acceptors (Lipinski definition) is 2. The molecule has 3 unspecified atom stereocenters. The van der Waals surface area contributed by atoms with E-state index in [0.29, 0.717) is 12.0 Å². The highest BCUT2D eigenvalue weighted by Gasteiger charge is 2.31. The van der Waals surface area contributed by atoms with E-state index in [4.69, 9.17) is 4.98 Å². The number of hydrogen-bond donors (Lipinski definition) is 1. The Morgan fingerprint density at radius 3 is 2.48 bits per heavy atom. The zero-order valence-electron chi connectivity index (χ0n) is 13.3. The molecule has 2 aromatic rings. The topological polar surface area (TPSA) is 24.9 Å². The smallest absolute Gasteiger partial charge is 0.0654 e. The van der Waals surface area contributed by atoms with Gasteiger partial charge in [0.15, 0.2) is 0 Å². The molecule has 0 amide bonds. The molecule has 0 spiro atoms. The molecular formula is C19H26N2. The Hall–Kier alpha value is -1.41. The summed E-state index contributed by atoms with van der Waals surface area (Å²) in [5.74, 6) is 2.33. The Kier molecular flexibility index (Phi) is 4.25. The summed E-state index contributed by atoms with van der Waals surface area (Å²) in [5, 5.41) is 6.15. The van der Waals surface area contributed by atoms with Gasteiger partial charge in [-0.3, -0.25) is 4.98 Å². The van der Waals surface area contributed by atoms with E-state index in [0.717, 1.165) is 11.8 Å². The van der Waals surface area contributed by atoms with Crippen molar-refractivity contribution in [2.45, 2.75) is 39.2 Å². The first-order valence-electron chi connectivity index (χ1n) is 8.20. The molecule has 1 aromatic carbocycles. The molecule has 0 radical (unpaired) electrons. The number of pyridine rings is 1. The Balaban J connectivity index is 1.98. The summed E-state index contributed by atoms with van der Waals surface area (Å²) >= 11 is 0. The molecule has 3 rings (SSSR count). The predicted molar refractivity (Wildman–Crippen MR) is 89.2 cm³/mol. The van der Waals surface area contributed by atoms with Crippen LogP contribution in [0, 0.1) is 17.8 Å². The largest absolute Gasteiger partial charge is 0.311 e. The normalized spacial score (nSPS) is 27.7. The molecule has 3 atom stereocenters. The van der Waals surface area contributed by atoms with Gasteiger partial charge in [-0.2, -0.15) is 0 Å². The molecule has 2 heteroatoms. The SMILES string of the molecule is CNC(c1nccc2ccccc12)C1CC(C)CC(C)C1. The molecule has 112 valence electrons. The third kappa shape index (κ3) is 2.96. The molecule has 1 heterocycles. The maximum atomic E-state index is 4.74. The molecule has 1 fully saturated rings. The van der Waals surface area contributed by atoms with Crippen molar-refractivity contribution in [2.75, 3.05) is 7.05 Å². The van der Waals surface area contributed by atoms with Crippen LogP contribution >= 0.6 is 0 Å². The third-order valence-corrected chi connectivity index (χ3v) is 5.00. The number of nitrogens with one attached hydrogen (secondary N) is 1. The fourth-order valence-electron chi connectivity index (χ4n) is 4.27. The molecule has 0 bridgehead atoms. The number of nitrogens with zero attached hydrogens (tertiary/aromatic N) is 1. The van der Waals surface area contributed by atoms with Gasteiger partial charge in [0, 0.05) is 11.6 Å². The van der Waals surface area contributed by atoms with Gasteiger partial charge in [-0.05, 0) is 55.5 Å². The van der Waals surface area contributed by atoms with E-state index < -0.39 is 0 Å². The average molecular weight is 282 g/mol. The van der Waals surface area contributed by atoms with E-state index in [1.807, 2.05) is 6.20 Å².